The Morgan fingerprint density at radius 2 is 1.88 bits per heavy atom. The second-order valence-electron chi connectivity index (χ2n) is 5.00. The van der Waals surface area contributed by atoms with Crippen LogP contribution in [-0.4, -0.2) is 17.6 Å². The smallest absolute Gasteiger partial charge is 0.405 e. The fourth-order valence-electron chi connectivity index (χ4n) is 2.05. The van der Waals surface area contributed by atoms with Crippen molar-refractivity contribution in [2.45, 2.75) is 6.36 Å². The van der Waals surface area contributed by atoms with E-state index in [1.54, 1.807) is 0 Å². The number of halogens is 4. The fraction of sp³-hybridized carbons (Fsp3) is 0.0588. The second-order valence-corrected chi connectivity index (χ2v) is 5.86. The highest BCUT2D eigenvalue weighted by atomic mass is 32.1. The van der Waals surface area contributed by atoms with Crippen molar-refractivity contribution in [3.8, 4) is 17.0 Å². The first-order valence-electron chi connectivity index (χ1n) is 7.26. The van der Waals surface area contributed by atoms with Crippen LogP contribution < -0.4 is 10.2 Å². The molecule has 0 aliphatic carbocycles. The monoisotopic (exact) mass is 381 g/mol. The highest BCUT2D eigenvalue weighted by Crippen LogP contribution is 2.27. The molecule has 3 aromatic rings. The Bertz CT molecular complexity index is 910. The molecule has 9 heteroatoms. The molecule has 0 saturated carbocycles. The molecule has 0 amide bonds. The summed E-state index contributed by atoms with van der Waals surface area (Å²) in [4.78, 5) is 4.33. The second kappa shape index (κ2) is 7.52. The van der Waals surface area contributed by atoms with Crippen molar-refractivity contribution < 1.29 is 22.3 Å². The van der Waals surface area contributed by atoms with E-state index in [0.717, 1.165) is 29.6 Å². The van der Waals surface area contributed by atoms with Crippen LogP contribution >= 0.6 is 11.3 Å². The molecule has 0 saturated heterocycles. The van der Waals surface area contributed by atoms with Gasteiger partial charge in [-0.2, -0.15) is 5.10 Å². The van der Waals surface area contributed by atoms with Gasteiger partial charge in [-0.3, -0.25) is 5.43 Å². The van der Waals surface area contributed by atoms with Crippen LogP contribution in [-0.2, 0) is 0 Å². The molecule has 0 aliphatic heterocycles. The van der Waals surface area contributed by atoms with E-state index in [-0.39, 0.29) is 5.56 Å². The van der Waals surface area contributed by atoms with E-state index in [9.17, 15) is 17.6 Å². The first-order valence-corrected chi connectivity index (χ1v) is 8.14. The summed E-state index contributed by atoms with van der Waals surface area (Å²) >= 11 is 1.29. The third-order valence-corrected chi connectivity index (χ3v) is 3.89. The number of hydrogen-bond donors (Lipinski definition) is 1. The molecule has 0 fully saturated rings. The lowest BCUT2D eigenvalue weighted by Crippen LogP contribution is -2.18. The van der Waals surface area contributed by atoms with Crippen molar-refractivity contribution in [3.63, 3.8) is 0 Å². The van der Waals surface area contributed by atoms with Crippen molar-refractivity contribution in [2.75, 3.05) is 5.43 Å². The van der Waals surface area contributed by atoms with Crippen molar-refractivity contribution in [2.24, 2.45) is 5.10 Å². The van der Waals surface area contributed by atoms with Crippen molar-refractivity contribution in [1.82, 2.24) is 4.98 Å². The zero-order chi connectivity index (χ0) is 18.6. The fourth-order valence-corrected chi connectivity index (χ4v) is 2.72. The van der Waals surface area contributed by atoms with E-state index in [2.05, 4.69) is 20.2 Å². The van der Waals surface area contributed by atoms with Crippen LogP contribution in [0.3, 0.4) is 0 Å². The van der Waals surface area contributed by atoms with Crippen LogP contribution in [0.25, 0.3) is 11.3 Å². The number of benzene rings is 2. The standard InChI is InChI=1S/C17H11F4N3OS/c18-13-7-6-12(15(8-13)25-17(19,20)21)9-22-24-16-23-14(10-26-16)11-4-2-1-3-5-11/h1-10H,(H,23,24). The molecule has 2 aromatic carbocycles. The Hall–Kier alpha value is -2.94. The number of thiazole rings is 1. The first kappa shape index (κ1) is 17.9. The molecule has 0 unspecified atom stereocenters. The van der Waals surface area contributed by atoms with Crippen LogP contribution in [0.5, 0.6) is 5.75 Å². The number of hydrazone groups is 1. The molecule has 1 heterocycles. The minimum Gasteiger partial charge on any atom is -0.405 e. The average molecular weight is 381 g/mol. The van der Waals surface area contributed by atoms with E-state index in [4.69, 9.17) is 0 Å². The summed E-state index contributed by atoms with van der Waals surface area (Å²) in [6.07, 6.45) is -3.83. The third-order valence-electron chi connectivity index (χ3n) is 3.14. The maximum absolute atomic E-state index is 13.2. The van der Waals surface area contributed by atoms with Crippen LogP contribution in [0.15, 0.2) is 59.0 Å². The van der Waals surface area contributed by atoms with Crippen LogP contribution in [0, 0.1) is 5.82 Å². The molecular formula is C17H11F4N3OS. The molecule has 3 rings (SSSR count). The van der Waals surface area contributed by atoms with Gasteiger partial charge in [-0.25, -0.2) is 9.37 Å². The highest BCUT2D eigenvalue weighted by molar-refractivity contribution is 7.14. The quantitative estimate of drug-likeness (QED) is 0.371. The van der Waals surface area contributed by atoms with Crippen molar-refractivity contribution >= 4 is 22.7 Å². The van der Waals surface area contributed by atoms with Gasteiger partial charge in [-0.1, -0.05) is 30.3 Å². The van der Waals surface area contributed by atoms with Crippen LogP contribution in [0.4, 0.5) is 22.7 Å². The van der Waals surface area contributed by atoms with Gasteiger partial charge in [-0.15, -0.1) is 24.5 Å². The number of nitrogens with one attached hydrogen (secondary N) is 1. The lowest BCUT2D eigenvalue weighted by molar-refractivity contribution is -0.274. The van der Waals surface area contributed by atoms with Gasteiger partial charge in [0, 0.05) is 22.6 Å². The van der Waals surface area contributed by atoms with Crippen LogP contribution in [0.2, 0.25) is 0 Å². The number of ether oxygens (including phenoxy) is 1. The van der Waals surface area contributed by atoms with Gasteiger partial charge in [-0.05, 0) is 12.1 Å². The Morgan fingerprint density at radius 1 is 1.12 bits per heavy atom. The molecule has 1 N–H and O–H groups in total. The zero-order valence-electron chi connectivity index (χ0n) is 13.0. The predicted molar refractivity (Wildman–Crippen MR) is 91.8 cm³/mol. The maximum atomic E-state index is 13.2. The Kier molecular flexibility index (Phi) is 5.17. The Balaban J connectivity index is 1.72. The number of nitrogens with zero attached hydrogens (tertiary/aromatic N) is 2. The van der Waals surface area contributed by atoms with E-state index in [1.165, 1.54) is 11.3 Å². The van der Waals surface area contributed by atoms with Gasteiger partial charge in [0.05, 0.1) is 11.9 Å². The van der Waals surface area contributed by atoms with Crippen molar-refractivity contribution in [3.05, 3.63) is 65.3 Å². The highest BCUT2D eigenvalue weighted by Gasteiger charge is 2.32. The molecule has 0 bridgehead atoms. The van der Waals surface area contributed by atoms with Crippen LogP contribution in [0.1, 0.15) is 5.56 Å². The Morgan fingerprint density at radius 3 is 2.62 bits per heavy atom. The van der Waals surface area contributed by atoms with Gasteiger partial charge in [0.25, 0.3) is 0 Å². The minimum atomic E-state index is -4.93. The molecule has 0 aliphatic rings. The van der Waals surface area contributed by atoms with E-state index < -0.39 is 17.9 Å². The average Bonchev–Trinajstić information content (AvgIpc) is 3.05. The first-order chi connectivity index (χ1) is 12.4. The molecule has 134 valence electrons. The minimum absolute atomic E-state index is 0.0314. The molecular weight excluding hydrogens is 370 g/mol. The lowest BCUT2D eigenvalue weighted by atomic mass is 10.2. The number of rotatable bonds is 5. The molecule has 0 atom stereocenters. The SMILES string of the molecule is Fc1ccc(C=NNc2nc(-c3ccccc3)cs2)c(OC(F)(F)F)c1. The number of aromatic nitrogens is 1. The summed E-state index contributed by atoms with van der Waals surface area (Å²) in [5.41, 5.74) is 4.28. The summed E-state index contributed by atoms with van der Waals surface area (Å²) in [7, 11) is 0. The molecule has 0 radical (unpaired) electrons. The number of hydrogen-bond acceptors (Lipinski definition) is 5. The van der Waals surface area contributed by atoms with Gasteiger partial charge in [0.2, 0.25) is 5.13 Å². The summed E-state index contributed by atoms with van der Waals surface area (Å²) < 4.78 is 54.1. The van der Waals surface area contributed by atoms with Gasteiger partial charge >= 0.3 is 6.36 Å². The molecule has 26 heavy (non-hydrogen) atoms. The summed E-state index contributed by atoms with van der Waals surface area (Å²) in [6, 6.07) is 12.3. The summed E-state index contributed by atoms with van der Waals surface area (Å²) in [6.45, 7) is 0. The largest absolute Gasteiger partial charge is 0.573 e. The topological polar surface area (TPSA) is 46.5 Å². The van der Waals surface area contributed by atoms with E-state index in [0.29, 0.717) is 11.2 Å². The van der Waals surface area contributed by atoms with Gasteiger partial charge in [0.15, 0.2) is 0 Å². The van der Waals surface area contributed by atoms with Crippen molar-refractivity contribution in [1.29, 1.82) is 0 Å². The summed E-state index contributed by atoms with van der Waals surface area (Å²) in [5, 5.41) is 6.12. The third kappa shape index (κ3) is 4.79. The lowest BCUT2D eigenvalue weighted by Gasteiger charge is -2.11. The molecule has 4 nitrogen and oxygen atoms in total. The normalized spacial score (nSPS) is 11.7. The Labute approximate surface area is 149 Å². The van der Waals surface area contributed by atoms with Gasteiger partial charge < -0.3 is 4.74 Å². The zero-order valence-corrected chi connectivity index (χ0v) is 13.8. The summed E-state index contributed by atoms with van der Waals surface area (Å²) in [5.74, 6) is -1.52. The van der Waals surface area contributed by atoms with Gasteiger partial charge in [0.1, 0.15) is 11.6 Å². The number of anilines is 1. The number of alkyl halides is 3. The van der Waals surface area contributed by atoms with E-state index >= 15 is 0 Å². The molecule has 0 spiro atoms. The maximum Gasteiger partial charge on any atom is 0.573 e. The van der Waals surface area contributed by atoms with E-state index in [1.807, 2.05) is 35.7 Å². The molecule has 1 aromatic heterocycles. The predicted octanol–water partition coefficient (Wildman–Crippen LogP) is 5.29.